The molecule has 0 aromatic heterocycles. The molecule has 246 valence electrons. The number of nitrogens with two attached hydrogens (primary N) is 1. The van der Waals surface area contributed by atoms with Crippen LogP contribution < -0.4 is 25.8 Å². The summed E-state index contributed by atoms with van der Waals surface area (Å²) in [7, 11) is 4.90. The lowest BCUT2D eigenvalue weighted by atomic mass is 9.94. The van der Waals surface area contributed by atoms with Gasteiger partial charge in [-0.05, 0) is 79.5 Å². The van der Waals surface area contributed by atoms with Crippen LogP contribution >= 0.6 is 0 Å². The maximum absolute atomic E-state index is 13.7. The summed E-state index contributed by atoms with van der Waals surface area (Å²) in [6, 6.07) is 13.2. The first kappa shape index (κ1) is 35.5. The number of likely N-dealkylation sites (N-methyl/N-ethyl adjacent to an activating group) is 1. The Morgan fingerprint density at radius 2 is 1.70 bits per heavy atom. The van der Waals surface area contributed by atoms with Gasteiger partial charge >= 0.3 is 0 Å². The lowest BCUT2D eigenvalue weighted by Gasteiger charge is -2.32. The van der Waals surface area contributed by atoms with E-state index < -0.39 is 29.5 Å². The van der Waals surface area contributed by atoms with E-state index in [9.17, 15) is 23.2 Å². The Morgan fingerprint density at radius 1 is 1.00 bits per heavy atom. The zero-order valence-corrected chi connectivity index (χ0v) is 26.6. The SMILES string of the molecule is C=C(CCN(C=O)C(Cc1ccc(NC(=O)c2ccc(F)c(F)c2)cc1C)c1cc(OC)cc(OC)c1)N(CCNC)CC(N)=O. The molecule has 3 amide bonds. The number of carbonyl (C=O) groups is 3. The van der Waals surface area contributed by atoms with E-state index >= 15 is 0 Å². The minimum atomic E-state index is -1.11. The fourth-order valence-corrected chi connectivity index (χ4v) is 4.98. The maximum Gasteiger partial charge on any atom is 0.255 e. The largest absolute Gasteiger partial charge is 0.497 e. The van der Waals surface area contributed by atoms with Gasteiger partial charge in [-0.25, -0.2) is 8.78 Å². The van der Waals surface area contributed by atoms with Crippen LogP contribution in [0.5, 0.6) is 11.5 Å². The number of halogens is 2. The van der Waals surface area contributed by atoms with Crippen molar-refractivity contribution in [2.24, 2.45) is 5.73 Å². The molecule has 4 N–H and O–H groups in total. The molecule has 0 spiro atoms. The Labute approximate surface area is 268 Å². The zero-order chi connectivity index (χ0) is 33.8. The predicted molar refractivity (Wildman–Crippen MR) is 173 cm³/mol. The molecule has 1 atom stereocenters. The molecule has 0 aliphatic carbocycles. The smallest absolute Gasteiger partial charge is 0.255 e. The molecule has 3 rings (SSSR count). The van der Waals surface area contributed by atoms with Crippen LogP contribution in [0.15, 0.2) is 66.9 Å². The van der Waals surface area contributed by atoms with E-state index in [0.717, 1.165) is 35.2 Å². The van der Waals surface area contributed by atoms with Crippen LogP contribution in [-0.4, -0.2) is 75.5 Å². The van der Waals surface area contributed by atoms with Crippen molar-refractivity contribution in [3.8, 4) is 11.5 Å². The Balaban J connectivity index is 1.89. The van der Waals surface area contributed by atoms with Crippen molar-refractivity contribution in [2.45, 2.75) is 25.8 Å². The Bertz CT molecular complexity index is 1530. The summed E-state index contributed by atoms with van der Waals surface area (Å²) < 4.78 is 38.0. The summed E-state index contributed by atoms with van der Waals surface area (Å²) in [5.41, 5.74) is 9.07. The molecule has 0 heterocycles. The van der Waals surface area contributed by atoms with Gasteiger partial charge in [0, 0.05) is 49.1 Å². The molecule has 12 heteroatoms. The number of aryl methyl sites for hydroxylation is 1. The summed E-state index contributed by atoms with van der Waals surface area (Å²) in [4.78, 5) is 40.4. The molecule has 1 unspecified atom stereocenters. The summed E-state index contributed by atoms with van der Waals surface area (Å²) in [5.74, 6) is -2.10. The van der Waals surface area contributed by atoms with Crippen molar-refractivity contribution >= 4 is 23.9 Å². The number of hydrogen-bond donors (Lipinski definition) is 3. The van der Waals surface area contributed by atoms with Crippen LogP contribution in [-0.2, 0) is 16.0 Å². The van der Waals surface area contributed by atoms with Gasteiger partial charge in [-0.3, -0.25) is 14.4 Å². The van der Waals surface area contributed by atoms with Gasteiger partial charge in [-0.2, -0.15) is 0 Å². The fraction of sp³-hybridized carbons (Fsp3) is 0.324. The molecular formula is C34H41F2N5O5. The van der Waals surface area contributed by atoms with E-state index in [4.69, 9.17) is 15.2 Å². The molecule has 0 radical (unpaired) electrons. The highest BCUT2D eigenvalue weighted by atomic mass is 19.2. The Morgan fingerprint density at radius 3 is 2.26 bits per heavy atom. The molecule has 0 bridgehead atoms. The normalized spacial score (nSPS) is 11.3. The van der Waals surface area contributed by atoms with Crippen molar-refractivity contribution in [2.75, 3.05) is 52.8 Å². The number of methoxy groups -OCH3 is 2. The van der Waals surface area contributed by atoms with E-state index in [1.54, 1.807) is 42.2 Å². The number of carbonyl (C=O) groups excluding carboxylic acids is 3. The molecule has 3 aromatic carbocycles. The van der Waals surface area contributed by atoms with Crippen molar-refractivity contribution in [1.29, 1.82) is 0 Å². The van der Waals surface area contributed by atoms with E-state index in [2.05, 4.69) is 17.2 Å². The third-order valence-electron chi connectivity index (χ3n) is 7.57. The van der Waals surface area contributed by atoms with Crippen LogP contribution in [0, 0.1) is 18.6 Å². The standard InChI is InChI=1S/C34H41F2N5O5/c1-22-14-27(39-34(44)25-7-9-30(35)31(36)17-25)8-6-24(22)18-32(26-15-28(45-4)19-29(16-26)46-5)41(21-42)12-10-23(2)40(13-11-38-3)20-33(37)43/h6-9,14-17,19,21,32,38H,2,10-13,18,20H2,1,3-5H3,(H2,37,43)(H,39,44). The monoisotopic (exact) mass is 637 g/mol. The number of nitrogens with zero attached hydrogens (tertiary/aromatic N) is 2. The van der Waals surface area contributed by atoms with Crippen LogP contribution in [0.4, 0.5) is 14.5 Å². The molecule has 10 nitrogen and oxygen atoms in total. The van der Waals surface area contributed by atoms with Crippen LogP contribution in [0.25, 0.3) is 0 Å². The topological polar surface area (TPSA) is 126 Å². The average Bonchev–Trinajstić information content (AvgIpc) is 3.04. The third kappa shape index (κ3) is 9.77. The number of amides is 3. The quantitative estimate of drug-likeness (QED) is 0.179. The van der Waals surface area contributed by atoms with Crippen LogP contribution in [0.3, 0.4) is 0 Å². The van der Waals surface area contributed by atoms with Gasteiger partial charge in [0.15, 0.2) is 11.6 Å². The molecule has 0 saturated carbocycles. The molecule has 0 aliphatic heterocycles. The number of anilines is 1. The highest BCUT2D eigenvalue weighted by Crippen LogP contribution is 2.33. The van der Waals surface area contributed by atoms with E-state index in [1.165, 1.54) is 6.07 Å². The minimum absolute atomic E-state index is 0.0102. The highest BCUT2D eigenvalue weighted by molar-refractivity contribution is 6.04. The van der Waals surface area contributed by atoms with Crippen molar-refractivity contribution in [3.63, 3.8) is 0 Å². The molecule has 46 heavy (non-hydrogen) atoms. The minimum Gasteiger partial charge on any atom is -0.497 e. The van der Waals surface area contributed by atoms with E-state index in [-0.39, 0.29) is 12.1 Å². The van der Waals surface area contributed by atoms with Gasteiger partial charge in [0.05, 0.1) is 26.8 Å². The molecule has 3 aromatic rings. The van der Waals surface area contributed by atoms with Gasteiger partial charge in [0.25, 0.3) is 5.91 Å². The van der Waals surface area contributed by atoms with Gasteiger partial charge in [0.1, 0.15) is 11.5 Å². The first-order valence-corrected chi connectivity index (χ1v) is 14.6. The lowest BCUT2D eigenvalue weighted by Crippen LogP contribution is -2.38. The first-order valence-electron chi connectivity index (χ1n) is 14.6. The van der Waals surface area contributed by atoms with Crippen LogP contribution in [0.1, 0.15) is 39.5 Å². The van der Waals surface area contributed by atoms with Gasteiger partial charge < -0.3 is 35.6 Å². The molecule has 0 fully saturated rings. The third-order valence-corrected chi connectivity index (χ3v) is 7.57. The first-order chi connectivity index (χ1) is 22.0. The second kappa shape index (κ2) is 16.9. The van der Waals surface area contributed by atoms with Crippen molar-refractivity contribution < 1.29 is 32.6 Å². The van der Waals surface area contributed by atoms with Crippen molar-refractivity contribution in [3.05, 3.63) is 101 Å². The number of nitrogens with one attached hydrogen (secondary N) is 2. The van der Waals surface area contributed by atoms with Crippen LogP contribution in [0.2, 0.25) is 0 Å². The highest BCUT2D eigenvalue weighted by Gasteiger charge is 2.24. The summed E-state index contributed by atoms with van der Waals surface area (Å²) in [5, 5.41) is 5.76. The fourth-order valence-electron chi connectivity index (χ4n) is 4.98. The number of ether oxygens (including phenoxy) is 2. The van der Waals surface area contributed by atoms with Gasteiger partial charge in [-0.1, -0.05) is 12.6 Å². The summed E-state index contributed by atoms with van der Waals surface area (Å²) in [6.07, 6.45) is 1.57. The summed E-state index contributed by atoms with van der Waals surface area (Å²) >= 11 is 0. The van der Waals surface area contributed by atoms with E-state index in [0.29, 0.717) is 55.4 Å². The van der Waals surface area contributed by atoms with E-state index in [1.807, 2.05) is 32.2 Å². The van der Waals surface area contributed by atoms with Gasteiger partial charge in [-0.15, -0.1) is 0 Å². The Kier molecular flexibility index (Phi) is 13.1. The predicted octanol–water partition coefficient (Wildman–Crippen LogP) is 4.20. The lowest BCUT2D eigenvalue weighted by molar-refractivity contribution is -0.121. The average molecular weight is 638 g/mol. The zero-order valence-electron chi connectivity index (χ0n) is 26.6. The number of primary amides is 1. The van der Waals surface area contributed by atoms with Gasteiger partial charge in [0.2, 0.25) is 12.3 Å². The molecule has 0 aliphatic rings. The summed E-state index contributed by atoms with van der Waals surface area (Å²) in [6.45, 7) is 7.47. The maximum atomic E-state index is 13.7. The second-order valence-corrected chi connectivity index (χ2v) is 10.7. The Hall–Kier alpha value is -4.97. The number of benzene rings is 3. The number of hydrogen-bond acceptors (Lipinski definition) is 7. The second-order valence-electron chi connectivity index (χ2n) is 10.7. The molecule has 0 saturated heterocycles. The number of rotatable bonds is 18. The molecular weight excluding hydrogens is 596 g/mol. The van der Waals surface area contributed by atoms with Crippen molar-refractivity contribution in [1.82, 2.24) is 15.1 Å².